The molecule has 1 aromatic carbocycles. The van der Waals surface area contributed by atoms with Gasteiger partial charge in [0.25, 0.3) is 0 Å². The van der Waals surface area contributed by atoms with Crippen molar-refractivity contribution in [3.8, 4) is 11.5 Å². The minimum atomic E-state index is -0.214. The summed E-state index contributed by atoms with van der Waals surface area (Å²) in [6, 6.07) is 9.39. The van der Waals surface area contributed by atoms with Gasteiger partial charge in [-0.2, -0.15) is 0 Å². The Morgan fingerprint density at radius 3 is 2.93 bits per heavy atom. The number of likely N-dealkylation sites (tertiary alicyclic amines) is 1. The Balaban J connectivity index is 1.47. The van der Waals surface area contributed by atoms with Gasteiger partial charge in [-0.3, -0.25) is 4.90 Å². The number of anilines is 1. The second kappa shape index (κ2) is 9.62. The molecule has 0 spiro atoms. The van der Waals surface area contributed by atoms with E-state index in [4.69, 9.17) is 9.47 Å². The number of methoxy groups -OCH3 is 2. The molecule has 2 heterocycles. The van der Waals surface area contributed by atoms with Gasteiger partial charge in [0.05, 0.1) is 19.9 Å². The second-order valence-corrected chi connectivity index (χ2v) is 7.76. The lowest BCUT2D eigenvalue weighted by Crippen LogP contribution is -2.41. The normalized spacial score (nSPS) is 17.3. The van der Waals surface area contributed by atoms with Crippen LogP contribution in [-0.2, 0) is 6.54 Å². The molecule has 2 amide bonds. The molecule has 1 fully saturated rings. The molecule has 1 aliphatic rings. The summed E-state index contributed by atoms with van der Waals surface area (Å²) in [4.78, 5) is 16.2. The van der Waals surface area contributed by atoms with Gasteiger partial charge in [0, 0.05) is 30.6 Å². The number of hydrogen-bond acceptors (Lipinski definition) is 5. The average Bonchev–Trinajstić information content (AvgIpc) is 3.20. The van der Waals surface area contributed by atoms with Crippen molar-refractivity contribution >= 4 is 23.1 Å². The Labute approximate surface area is 164 Å². The quantitative estimate of drug-likeness (QED) is 0.756. The minimum absolute atomic E-state index is 0.214. The number of urea groups is 1. The van der Waals surface area contributed by atoms with Crippen molar-refractivity contribution in [3.05, 3.63) is 40.6 Å². The first-order chi connectivity index (χ1) is 13.2. The number of thiophene rings is 1. The van der Waals surface area contributed by atoms with Crippen LogP contribution in [0.5, 0.6) is 11.5 Å². The maximum atomic E-state index is 12.3. The summed E-state index contributed by atoms with van der Waals surface area (Å²) in [5.74, 6) is 1.73. The van der Waals surface area contributed by atoms with E-state index in [2.05, 4.69) is 33.0 Å². The van der Waals surface area contributed by atoms with E-state index in [1.54, 1.807) is 43.8 Å². The highest BCUT2D eigenvalue weighted by atomic mass is 32.1. The van der Waals surface area contributed by atoms with Gasteiger partial charge in [-0.25, -0.2) is 4.79 Å². The smallest absolute Gasteiger partial charge is 0.319 e. The largest absolute Gasteiger partial charge is 0.497 e. The lowest BCUT2D eigenvalue weighted by Gasteiger charge is -2.32. The first-order valence-electron chi connectivity index (χ1n) is 9.19. The fourth-order valence-electron chi connectivity index (χ4n) is 3.39. The van der Waals surface area contributed by atoms with Crippen LogP contribution in [-0.4, -0.2) is 44.8 Å². The van der Waals surface area contributed by atoms with Crippen LogP contribution in [0, 0.1) is 5.92 Å². The first-order valence-corrected chi connectivity index (χ1v) is 10.1. The van der Waals surface area contributed by atoms with E-state index in [9.17, 15) is 4.79 Å². The predicted octanol–water partition coefficient (Wildman–Crippen LogP) is 3.80. The van der Waals surface area contributed by atoms with Gasteiger partial charge in [-0.15, -0.1) is 11.3 Å². The maximum absolute atomic E-state index is 12.3. The Kier molecular flexibility index (Phi) is 6.95. The third kappa shape index (κ3) is 5.61. The Morgan fingerprint density at radius 1 is 1.30 bits per heavy atom. The highest BCUT2D eigenvalue weighted by molar-refractivity contribution is 7.09. The van der Waals surface area contributed by atoms with E-state index in [1.807, 2.05) is 0 Å². The van der Waals surface area contributed by atoms with E-state index < -0.39 is 0 Å². The van der Waals surface area contributed by atoms with Crippen LogP contribution in [0.4, 0.5) is 10.5 Å². The highest BCUT2D eigenvalue weighted by Crippen LogP contribution is 2.29. The monoisotopic (exact) mass is 389 g/mol. The third-order valence-electron chi connectivity index (χ3n) is 4.77. The van der Waals surface area contributed by atoms with Gasteiger partial charge in [0.2, 0.25) is 0 Å². The van der Waals surface area contributed by atoms with Gasteiger partial charge >= 0.3 is 6.03 Å². The first kappa shape index (κ1) is 19.5. The standard InChI is InChI=1S/C20H27N3O3S/c1-25-16-7-8-18(19(11-16)26-2)22-20(24)21-12-15-5-3-9-23(13-15)14-17-6-4-10-27-17/h4,6-8,10-11,15H,3,5,9,12-14H2,1-2H3,(H2,21,22,24)/t15-/m1/s1. The molecule has 0 bridgehead atoms. The summed E-state index contributed by atoms with van der Waals surface area (Å²) >= 11 is 1.80. The molecule has 0 aliphatic carbocycles. The molecule has 2 aromatic rings. The van der Waals surface area contributed by atoms with Crippen LogP contribution in [0.25, 0.3) is 0 Å². The van der Waals surface area contributed by atoms with Crippen LogP contribution in [0.2, 0.25) is 0 Å². The number of nitrogens with zero attached hydrogens (tertiary/aromatic N) is 1. The van der Waals surface area contributed by atoms with E-state index >= 15 is 0 Å². The summed E-state index contributed by atoms with van der Waals surface area (Å²) in [5, 5.41) is 7.98. The summed E-state index contributed by atoms with van der Waals surface area (Å²) in [5.41, 5.74) is 0.624. The van der Waals surface area contributed by atoms with Gasteiger partial charge in [0.1, 0.15) is 11.5 Å². The highest BCUT2D eigenvalue weighted by Gasteiger charge is 2.21. The SMILES string of the molecule is COc1ccc(NC(=O)NC[C@H]2CCCN(Cc3cccs3)C2)c(OC)c1. The Morgan fingerprint density at radius 2 is 2.19 bits per heavy atom. The van der Waals surface area contributed by atoms with Gasteiger partial charge in [-0.05, 0) is 48.9 Å². The van der Waals surface area contributed by atoms with E-state index in [1.165, 1.54) is 11.3 Å². The summed E-state index contributed by atoms with van der Waals surface area (Å²) in [7, 11) is 3.17. The number of hydrogen-bond donors (Lipinski definition) is 2. The predicted molar refractivity (Wildman–Crippen MR) is 109 cm³/mol. The molecule has 0 radical (unpaired) electrons. The number of ether oxygens (including phenoxy) is 2. The van der Waals surface area contributed by atoms with Crippen molar-refractivity contribution in [3.63, 3.8) is 0 Å². The summed E-state index contributed by atoms with van der Waals surface area (Å²) < 4.78 is 10.5. The van der Waals surface area contributed by atoms with Crippen LogP contribution < -0.4 is 20.1 Å². The zero-order chi connectivity index (χ0) is 19.1. The number of rotatable bonds is 7. The molecular weight excluding hydrogens is 362 g/mol. The number of benzene rings is 1. The fraction of sp³-hybridized carbons (Fsp3) is 0.450. The molecule has 0 saturated carbocycles. The minimum Gasteiger partial charge on any atom is -0.497 e. The molecule has 3 rings (SSSR count). The van der Waals surface area contributed by atoms with E-state index in [0.717, 1.165) is 26.1 Å². The third-order valence-corrected chi connectivity index (χ3v) is 5.63. The van der Waals surface area contributed by atoms with E-state index in [0.29, 0.717) is 29.6 Å². The molecule has 2 N–H and O–H groups in total. The van der Waals surface area contributed by atoms with Crippen molar-refractivity contribution in [1.82, 2.24) is 10.2 Å². The van der Waals surface area contributed by atoms with Crippen molar-refractivity contribution in [2.24, 2.45) is 5.92 Å². The second-order valence-electron chi connectivity index (χ2n) is 6.72. The van der Waals surface area contributed by atoms with E-state index in [-0.39, 0.29) is 6.03 Å². The molecule has 6 nitrogen and oxygen atoms in total. The molecule has 1 atom stereocenters. The number of nitrogens with one attached hydrogen (secondary N) is 2. The molecule has 1 saturated heterocycles. The number of amides is 2. The summed E-state index contributed by atoms with van der Waals surface area (Å²) in [6.07, 6.45) is 2.32. The fourth-order valence-corrected chi connectivity index (χ4v) is 4.14. The van der Waals surface area contributed by atoms with Crippen molar-refractivity contribution in [2.75, 3.05) is 39.2 Å². The van der Waals surface area contributed by atoms with Crippen LogP contribution in [0.1, 0.15) is 17.7 Å². The zero-order valence-electron chi connectivity index (χ0n) is 15.9. The lowest BCUT2D eigenvalue weighted by molar-refractivity contribution is 0.167. The average molecular weight is 390 g/mol. The van der Waals surface area contributed by atoms with Crippen molar-refractivity contribution in [2.45, 2.75) is 19.4 Å². The summed E-state index contributed by atoms with van der Waals surface area (Å²) in [6.45, 7) is 3.82. The molecule has 146 valence electrons. The van der Waals surface area contributed by atoms with Gasteiger partial charge < -0.3 is 20.1 Å². The van der Waals surface area contributed by atoms with Crippen molar-refractivity contribution < 1.29 is 14.3 Å². The topological polar surface area (TPSA) is 62.8 Å². The van der Waals surface area contributed by atoms with Crippen LogP contribution in [0.3, 0.4) is 0 Å². The van der Waals surface area contributed by atoms with Crippen LogP contribution in [0.15, 0.2) is 35.7 Å². The molecule has 27 heavy (non-hydrogen) atoms. The molecular formula is C20H27N3O3S. The van der Waals surface area contributed by atoms with Gasteiger partial charge in [-0.1, -0.05) is 6.07 Å². The number of carbonyl (C=O) groups excluding carboxylic acids is 1. The Bertz CT molecular complexity index is 736. The molecule has 7 heteroatoms. The maximum Gasteiger partial charge on any atom is 0.319 e. The van der Waals surface area contributed by atoms with Gasteiger partial charge in [0.15, 0.2) is 0 Å². The molecule has 1 aliphatic heterocycles. The number of carbonyl (C=O) groups is 1. The van der Waals surface area contributed by atoms with Crippen LogP contribution >= 0.6 is 11.3 Å². The molecule has 0 unspecified atom stereocenters. The van der Waals surface area contributed by atoms with Crippen molar-refractivity contribution in [1.29, 1.82) is 0 Å². The number of piperidine rings is 1. The zero-order valence-corrected chi connectivity index (χ0v) is 16.7. The Hall–Kier alpha value is -2.25. The lowest BCUT2D eigenvalue weighted by atomic mass is 9.98. The molecule has 1 aromatic heterocycles.